The number of nitrogens with zero attached hydrogens (tertiary/aromatic N) is 2. The lowest BCUT2D eigenvalue weighted by Gasteiger charge is -2.15. The number of carbonyl (C=O) groups is 1. The molecule has 0 aliphatic rings. The highest BCUT2D eigenvalue weighted by molar-refractivity contribution is 6.30. The van der Waals surface area contributed by atoms with Crippen LogP contribution in [0, 0.1) is 0 Å². The predicted octanol–water partition coefficient (Wildman–Crippen LogP) is 2.99. The van der Waals surface area contributed by atoms with Crippen LogP contribution in [0.3, 0.4) is 0 Å². The van der Waals surface area contributed by atoms with Gasteiger partial charge in [-0.25, -0.2) is 9.78 Å². The summed E-state index contributed by atoms with van der Waals surface area (Å²) in [6, 6.07) is 8.20. The minimum absolute atomic E-state index is 0.222. The second kappa shape index (κ2) is 7.59. The summed E-state index contributed by atoms with van der Waals surface area (Å²) in [6.45, 7) is 1.54. The summed E-state index contributed by atoms with van der Waals surface area (Å²) in [5, 5.41) is 23.0. The molecule has 0 saturated carbocycles. The van der Waals surface area contributed by atoms with E-state index in [9.17, 15) is 9.90 Å². The van der Waals surface area contributed by atoms with Gasteiger partial charge in [0, 0.05) is 11.1 Å². The number of ether oxygens (including phenoxy) is 1. The molecule has 3 aromatic rings. The van der Waals surface area contributed by atoms with E-state index in [4.69, 9.17) is 16.3 Å². The second-order valence-corrected chi connectivity index (χ2v) is 6.08. The number of hydrogen-bond acceptors (Lipinski definition) is 5. The van der Waals surface area contributed by atoms with E-state index < -0.39 is 6.03 Å². The molecule has 8 nitrogen and oxygen atoms in total. The summed E-state index contributed by atoms with van der Waals surface area (Å²) < 4.78 is 5.14. The molecule has 4 N–H and O–H groups in total. The Balaban J connectivity index is 1.75. The van der Waals surface area contributed by atoms with E-state index >= 15 is 0 Å². The number of aliphatic hydroxyl groups excluding tert-OH is 1. The molecule has 9 heteroatoms. The number of benzene rings is 1. The molecule has 0 spiro atoms. The number of nitrogens with one attached hydrogen (secondary N) is 3. The van der Waals surface area contributed by atoms with Gasteiger partial charge in [0.2, 0.25) is 5.88 Å². The number of aromatic amines is 1. The molecular weight excluding hydrogens is 358 g/mol. The zero-order chi connectivity index (χ0) is 18.7. The van der Waals surface area contributed by atoms with Gasteiger partial charge in [0.25, 0.3) is 0 Å². The summed E-state index contributed by atoms with van der Waals surface area (Å²) in [4.78, 5) is 16.5. The van der Waals surface area contributed by atoms with Crippen molar-refractivity contribution in [3.63, 3.8) is 0 Å². The molecule has 2 amide bonds. The van der Waals surface area contributed by atoms with Crippen molar-refractivity contribution in [1.82, 2.24) is 20.5 Å². The monoisotopic (exact) mass is 375 g/mol. The van der Waals surface area contributed by atoms with Gasteiger partial charge in [-0.05, 0) is 24.6 Å². The Kier molecular flexibility index (Phi) is 5.24. The maximum atomic E-state index is 12.3. The molecule has 0 aliphatic heterocycles. The summed E-state index contributed by atoms with van der Waals surface area (Å²) in [6.07, 6.45) is 0. The average molecular weight is 376 g/mol. The number of fused-ring (bicyclic) bond motifs is 1. The molecule has 0 saturated heterocycles. The van der Waals surface area contributed by atoms with Crippen molar-refractivity contribution in [3.05, 3.63) is 46.6 Å². The molecule has 1 unspecified atom stereocenters. The summed E-state index contributed by atoms with van der Waals surface area (Å²) in [5.41, 5.74) is 1.87. The summed E-state index contributed by atoms with van der Waals surface area (Å²) >= 11 is 5.87. The number of halogens is 1. The van der Waals surface area contributed by atoms with Crippen LogP contribution in [-0.4, -0.2) is 33.4 Å². The van der Waals surface area contributed by atoms with Crippen LogP contribution in [0.15, 0.2) is 30.3 Å². The van der Waals surface area contributed by atoms with Crippen molar-refractivity contribution in [2.75, 3.05) is 12.4 Å². The van der Waals surface area contributed by atoms with Crippen LogP contribution in [-0.2, 0) is 6.61 Å². The number of methoxy groups -OCH3 is 1. The van der Waals surface area contributed by atoms with E-state index in [1.165, 1.54) is 7.11 Å². The molecule has 0 fully saturated rings. The van der Waals surface area contributed by atoms with Crippen LogP contribution in [0.4, 0.5) is 10.6 Å². The first-order valence-corrected chi connectivity index (χ1v) is 8.25. The van der Waals surface area contributed by atoms with Crippen molar-refractivity contribution in [3.8, 4) is 5.88 Å². The Morgan fingerprint density at radius 3 is 2.77 bits per heavy atom. The number of urea groups is 1. The molecule has 2 aromatic heterocycles. The summed E-state index contributed by atoms with van der Waals surface area (Å²) in [5.74, 6) is 0.623. The van der Waals surface area contributed by atoms with Gasteiger partial charge < -0.3 is 15.2 Å². The van der Waals surface area contributed by atoms with Crippen LogP contribution in [0.25, 0.3) is 10.9 Å². The SMILES string of the molecule is COc1n[nH]c2cc(NC(=O)NC(C)c3ccc(Cl)cc3)nc(CO)c12. The van der Waals surface area contributed by atoms with Gasteiger partial charge in [0.05, 0.1) is 36.4 Å². The van der Waals surface area contributed by atoms with Crippen molar-refractivity contribution in [2.24, 2.45) is 0 Å². The zero-order valence-electron chi connectivity index (χ0n) is 14.2. The van der Waals surface area contributed by atoms with Gasteiger partial charge in [0.1, 0.15) is 5.82 Å². The molecule has 2 heterocycles. The molecular formula is C17H18ClN5O3. The minimum Gasteiger partial charge on any atom is -0.479 e. The van der Waals surface area contributed by atoms with Gasteiger partial charge in [0.15, 0.2) is 0 Å². The maximum absolute atomic E-state index is 12.3. The van der Waals surface area contributed by atoms with E-state index in [1.807, 2.05) is 19.1 Å². The minimum atomic E-state index is -0.422. The number of anilines is 1. The lowest BCUT2D eigenvalue weighted by Crippen LogP contribution is -2.31. The molecule has 0 bridgehead atoms. The number of rotatable bonds is 5. The number of aliphatic hydroxyl groups is 1. The largest absolute Gasteiger partial charge is 0.479 e. The number of H-pyrrole nitrogens is 1. The molecule has 1 atom stereocenters. The molecule has 0 aliphatic carbocycles. The van der Waals surface area contributed by atoms with Gasteiger partial charge in [-0.2, -0.15) is 0 Å². The number of amides is 2. The topological polar surface area (TPSA) is 112 Å². The Bertz CT molecular complexity index is 926. The fourth-order valence-electron chi connectivity index (χ4n) is 2.60. The third-order valence-electron chi connectivity index (χ3n) is 3.89. The fourth-order valence-corrected chi connectivity index (χ4v) is 2.73. The quantitative estimate of drug-likeness (QED) is 0.547. The number of aromatic nitrogens is 3. The molecule has 1 aromatic carbocycles. The average Bonchev–Trinajstić information content (AvgIpc) is 3.04. The highest BCUT2D eigenvalue weighted by atomic mass is 35.5. The van der Waals surface area contributed by atoms with Gasteiger partial charge in [-0.3, -0.25) is 10.4 Å². The zero-order valence-corrected chi connectivity index (χ0v) is 15.0. The third-order valence-corrected chi connectivity index (χ3v) is 4.14. The standard InChI is InChI=1S/C17H18ClN5O3/c1-9(10-3-5-11(18)6-4-10)19-17(25)21-14-7-12-15(13(8-24)20-14)16(26-2)23-22-12/h3-7,9,24H,8H2,1-2H3,(H,22,23)(H2,19,20,21,25). The van der Waals surface area contributed by atoms with Crippen LogP contribution in [0.2, 0.25) is 5.02 Å². The van der Waals surface area contributed by atoms with Crippen molar-refractivity contribution >= 4 is 34.4 Å². The van der Waals surface area contributed by atoms with E-state index in [0.29, 0.717) is 27.5 Å². The highest BCUT2D eigenvalue weighted by Gasteiger charge is 2.16. The number of carbonyl (C=O) groups excluding carboxylic acids is 1. The number of hydrogen-bond donors (Lipinski definition) is 4. The van der Waals surface area contributed by atoms with Crippen molar-refractivity contribution in [2.45, 2.75) is 19.6 Å². The van der Waals surface area contributed by atoms with Crippen molar-refractivity contribution in [1.29, 1.82) is 0 Å². The van der Waals surface area contributed by atoms with E-state index in [0.717, 1.165) is 5.56 Å². The van der Waals surface area contributed by atoms with Gasteiger partial charge in [-0.1, -0.05) is 23.7 Å². The lowest BCUT2D eigenvalue weighted by atomic mass is 10.1. The fraction of sp³-hybridized carbons (Fsp3) is 0.235. The first kappa shape index (κ1) is 18.0. The Morgan fingerprint density at radius 1 is 1.38 bits per heavy atom. The summed E-state index contributed by atoms with van der Waals surface area (Å²) in [7, 11) is 1.48. The van der Waals surface area contributed by atoms with Gasteiger partial charge in [-0.15, -0.1) is 5.10 Å². The van der Waals surface area contributed by atoms with E-state index in [2.05, 4.69) is 25.8 Å². The smallest absolute Gasteiger partial charge is 0.320 e. The molecule has 0 radical (unpaired) electrons. The Hall–Kier alpha value is -2.84. The van der Waals surface area contributed by atoms with Crippen LogP contribution >= 0.6 is 11.6 Å². The molecule has 3 rings (SSSR count). The second-order valence-electron chi connectivity index (χ2n) is 5.64. The predicted molar refractivity (Wildman–Crippen MR) is 98.4 cm³/mol. The first-order chi connectivity index (χ1) is 12.5. The van der Waals surface area contributed by atoms with Crippen LogP contribution < -0.4 is 15.4 Å². The Morgan fingerprint density at radius 2 is 2.12 bits per heavy atom. The van der Waals surface area contributed by atoms with Crippen LogP contribution in [0.1, 0.15) is 24.2 Å². The van der Waals surface area contributed by atoms with Crippen LogP contribution in [0.5, 0.6) is 5.88 Å². The third kappa shape index (κ3) is 3.71. The van der Waals surface area contributed by atoms with Crippen molar-refractivity contribution < 1.29 is 14.6 Å². The van der Waals surface area contributed by atoms with Gasteiger partial charge >= 0.3 is 6.03 Å². The molecule has 136 valence electrons. The normalized spacial score (nSPS) is 12.0. The van der Waals surface area contributed by atoms with E-state index in [1.54, 1.807) is 18.2 Å². The Labute approximate surface area is 154 Å². The maximum Gasteiger partial charge on any atom is 0.320 e. The number of pyridine rings is 1. The molecule has 26 heavy (non-hydrogen) atoms. The first-order valence-electron chi connectivity index (χ1n) is 7.87. The lowest BCUT2D eigenvalue weighted by molar-refractivity contribution is 0.249. The highest BCUT2D eigenvalue weighted by Crippen LogP contribution is 2.27. The van der Waals surface area contributed by atoms with E-state index in [-0.39, 0.29) is 18.5 Å².